The van der Waals surface area contributed by atoms with E-state index in [1.165, 1.54) is 0 Å². The highest BCUT2D eigenvalue weighted by atomic mass is 16.5. The van der Waals surface area contributed by atoms with Crippen LogP contribution < -0.4 is 16.2 Å². The molecule has 0 aliphatic carbocycles. The number of hydrogen-bond acceptors (Lipinski definition) is 5. The van der Waals surface area contributed by atoms with Crippen LogP contribution in [-0.2, 0) is 0 Å². The summed E-state index contributed by atoms with van der Waals surface area (Å²) in [5.41, 5.74) is 12.8. The average molecular weight is 244 g/mol. The molecule has 0 bridgehead atoms. The quantitative estimate of drug-likeness (QED) is 0.860. The minimum Gasteiger partial charge on any atom is -0.494 e. The van der Waals surface area contributed by atoms with Crippen LogP contribution in [0.3, 0.4) is 0 Å². The van der Waals surface area contributed by atoms with Crippen LogP contribution in [0.1, 0.15) is 13.3 Å². The van der Waals surface area contributed by atoms with Crippen molar-refractivity contribution in [1.82, 2.24) is 9.97 Å². The lowest BCUT2D eigenvalue weighted by Gasteiger charge is -2.06. The van der Waals surface area contributed by atoms with Gasteiger partial charge in [0, 0.05) is 11.6 Å². The molecule has 1 heterocycles. The number of rotatable bonds is 4. The molecule has 2 aromatic rings. The second-order valence-corrected chi connectivity index (χ2v) is 3.91. The fraction of sp³-hybridized carbons (Fsp3) is 0.231. The van der Waals surface area contributed by atoms with Gasteiger partial charge in [0.1, 0.15) is 11.6 Å². The molecule has 0 spiro atoms. The molecule has 1 aromatic carbocycles. The molecule has 0 atom stereocenters. The lowest BCUT2D eigenvalue weighted by atomic mass is 10.1. The molecule has 5 heteroatoms. The molecule has 0 saturated carbocycles. The Labute approximate surface area is 106 Å². The van der Waals surface area contributed by atoms with Crippen molar-refractivity contribution in [3.8, 4) is 17.0 Å². The van der Waals surface area contributed by atoms with E-state index >= 15 is 0 Å². The van der Waals surface area contributed by atoms with E-state index < -0.39 is 0 Å². The highest BCUT2D eigenvalue weighted by Gasteiger charge is 2.03. The Bertz CT molecular complexity index is 505. The third-order valence-corrected chi connectivity index (χ3v) is 2.39. The van der Waals surface area contributed by atoms with E-state index in [9.17, 15) is 0 Å². The lowest BCUT2D eigenvalue weighted by molar-refractivity contribution is 0.317. The van der Waals surface area contributed by atoms with Crippen molar-refractivity contribution in [3.63, 3.8) is 0 Å². The van der Waals surface area contributed by atoms with Crippen molar-refractivity contribution in [2.24, 2.45) is 0 Å². The predicted octanol–water partition coefficient (Wildman–Crippen LogP) is 2.10. The van der Waals surface area contributed by atoms with E-state index in [0.717, 1.165) is 17.7 Å². The molecule has 0 unspecified atom stereocenters. The van der Waals surface area contributed by atoms with Gasteiger partial charge in [0.05, 0.1) is 12.3 Å². The molecule has 18 heavy (non-hydrogen) atoms. The first-order valence-electron chi connectivity index (χ1n) is 5.82. The van der Waals surface area contributed by atoms with Crippen molar-refractivity contribution in [2.75, 3.05) is 18.1 Å². The summed E-state index contributed by atoms with van der Waals surface area (Å²) in [6.07, 6.45) is 0.987. The summed E-state index contributed by atoms with van der Waals surface area (Å²) < 4.78 is 5.51. The molecular formula is C13H16N4O. The Morgan fingerprint density at radius 2 is 1.83 bits per heavy atom. The number of benzene rings is 1. The van der Waals surface area contributed by atoms with E-state index in [1.54, 1.807) is 6.07 Å². The van der Waals surface area contributed by atoms with Crippen molar-refractivity contribution < 1.29 is 4.74 Å². The fourth-order valence-corrected chi connectivity index (χ4v) is 1.58. The third-order valence-electron chi connectivity index (χ3n) is 2.39. The van der Waals surface area contributed by atoms with Crippen molar-refractivity contribution in [1.29, 1.82) is 0 Å². The first kappa shape index (κ1) is 12.2. The zero-order valence-electron chi connectivity index (χ0n) is 10.3. The van der Waals surface area contributed by atoms with Crippen LogP contribution in [0.4, 0.5) is 11.8 Å². The highest BCUT2D eigenvalue weighted by molar-refractivity contribution is 5.63. The standard InChI is InChI=1S/C13H16N4O/c1-2-7-18-10-5-3-9(4-6-10)11-8-12(14)17-13(15)16-11/h3-6,8H,2,7H2,1H3,(H4,14,15,16,17). The zero-order valence-corrected chi connectivity index (χ0v) is 10.3. The summed E-state index contributed by atoms with van der Waals surface area (Å²) in [4.78, 5) is 7.98. The molecule has 2 rings (SSSR count). The van der Waals surface area contributed by atoms with Gasteiger partial charge in [-0.3, -0.25) is 0 Å². The average Bonchev–Trinajstić information content (AvgIpc) is 2.36. The topological polar surface area (TPSA) is 87.0 Å². The summed E-state index contributed by atoms with van der Waals surface area (Å²) in [5.74, 6) is 1.38. The van der Waals surface area contributed by atoms with Crippen LogP contribution in [0, 0.1) is 0 Å². The van der Waals surface area contributed by atoms with Crippen LogP contribution in [0.5, 0.6) is 5.75 Å². The Kier molecular flexibility index (Phi) is 3.62. The minimum atomic E-state index is 0.177. The van der Waals surface area contributed by atoms with Gasteiger partial charge in [-0.05, 0) is 30.7 Å². The summed E-state index contributed by atoms with van der Waals surface area (Å²) in [6, 6.07) is 9.34. The largest absolute Gasteiger partial charge is 0.494 e. The van der Waals surface area contributed by atoms with E-state index in [4.69, 9.17) is 16.2 Å². The maximum absolute atomic E-state index is 5.64. The number of anilines is 2. The van der Waals surface area contributed by atoms with Crippen LogP contribution in [-0.4, -0.2) is 16.6 Å². The van der Waals surface area contributed by atoms with Crippen molar-refractivity contribution in [3.05, 3.63) is 30.3 Å². The zero-order chi connectivity index (χ0) is 13.0. The number of nitrogens with zero attached hydrogens (tertiary/aromatic N) is 2. The van der Waals surface area contributed by atoms with E-state index in [0.29, 0.717) is 18.1 Å². The molecule has 0 radical (unpaired) electrons. The second-order valence-electron chi connectivity index (χ2n) is 3.91. The molecule has 5 nitrogen and oxygen atoms in total. The SMILES string of the molecule is CCCOc1ccc(-c2cc(N)nc(N)n2)cc1. The van der Waals surface area contributed by atoms with Crippen LogP contribution >= 0.6 is 0 Å². The minimum absolute atomic E-state index is 0.177. The molecule has 0 fully saturated rings. The predicted molar refractivity (Wildman–Crippen MR) is 72.1 cm³/mol. The molecule has 0 saturated heterocycles. The van der Waals surface area contributed by atoms with Gasteiger partial charge in [0.25, 0.3) is 0 Å². The van der Waals surface area contributed by atoms with Crippen molar-refractivity contribution >= 4 is 11.8 Å². The fourth-order valence-electron chi connectivity index (χ4n) is 1.58. The van der Waals surface area contributed by atoms with Crippen LogP contribution in [0.25, 0.3) is 11.3 Å². The monoisotopic (exact) mass is 244 g/mol. The number of hydrogen-bond donors (Lipinski definition) is 2. The lowest BCUT2D eigenvalue weighted by Crippen LogP contribution is -2.00. The van der Waals surface area contributed by atoms with Gasteiger partial charge >= 0.3 is 0 Å². The van der Waals surface area contributed by atoms with Crippen LogP contribution in [0.15, 0.2) is 30.3 Å². The molecule has 94 valence electrons. The van der Waals surface area contributed by atoms with Gasteiger partial charge in [0.15, 0.2) is 0 Å². The smallest absolute Gasteiger partial charge is 0.222 e. The maximum Gasteiger partial charge on any atom is 0.222 e. The number of nitrogen functional groups attached to an aromatic ring is 2. The second kappa shape index (κ2) is 5.35. The normalized spacial score (nSPS) is 10.3. The molecule has 4 N–H and O–H groups in total. The molecular weight excluding hydrogens is 228 g/mol. The summed E-state index contributed by atoms with van der Waals surface area (Å²) in [6.45, 7) is 2.79. The Hall–Kier alpha value is -2.30. The Morgan fingerprint density at radius 3 is 2.44 bits per heavy atom. The number of ether oxygens (including phenoxy) is 1. The summed E-state index contributed by atoms with van der Waals surface area (Å²) in [7, 11) is 0. The van der Waals surface area contributed by atoms with Gasteiger partial charge < -0.3 is 16.2 Å². The summed E-state index contributed by atoms with van der Waals surface area (Å²) >= 11 is 0. The first-order chi connectivity index (χ1) is 8.69. The highest BCUT2D eigenvalue weighted by Crippen LogP contribution is 2.22. The number of aromatic nitrogens is 2. The van der Waals surface area contributed by atoms with Crippen LogP contribution in [0.2, 0.25) is 0 Å². The van der Waals surface area contributed by atoms with Gasteiger partial charge in [-0.15, -0.1) is 0 Å². The molecule has 0 aliphatic rings. The van der Waals surface area contributed by atoms with Gasteiger partial charge in [0.2, 0.25) is 5.95 Å². The molecule has 0 aliphatic heterocycles. The van der Waals surface area contributed by atoms with Gasteiger partial charge in [-0.1, -0.05) is 6.92 Å². The Morgan fingerprint density at radius 1 is 1.11 bits per heavy atom. The first-order valence-corrected chi connectivity index (χ1v) is 5.82. The number of nitrogens with two attached hydrogens (primary N) is 2. The molecule has 0 amide bonds. The van der Waals surface area contributed by atoms with E-state index in [2.05, 4.69) is 16.9 Å². The molecule has 1 aromatic heterocycles. The van der Waals surface area contributed by atoms with Gasteiger partial charge in [-0.25, -0.2) is 4.98 Å². The summed E-state index contributed by atoms with van der Waals surface area (Å²) in [5, 5.41) is 0. The van der Waals surface area contributed by atoms with Crippen molar-refractivity contribution in [2.45, 2.75) is 13.3 Å². The third kappa shape index (κ3) is 2.88. The van der Waals surface area contributed by atoms with Gasteiger partial charge in [-0.2, -0.15) is 4.98 Å². The Balaban J connectivity index is 2.23. The maximum atomic E-state index is 5.64. The van der Waals surface area contributed by atoms with E-state index in [1.807, 2.05) is 24.3 Å². The van der Waals surface area contributed by atoms with E-state index in [-0.39, 0.29) is 5.95 Å².